The van der Waals surface area contributed by atoms with Crippen molar-refractivity contribution in [1.29, 1.82) is 0 Å². The van der Waals surface area contributed by atoms with E-state index in [0.29, 0.717) is 17.2 Å². The van der Waals surface area contributed by atoms with Gasteiger partial charge < -0.3 is 9.64 Å². The van der Waals surface area contributed by atoms with Gasteiger partial charge in [-0.1, -0.05) is 17.7 Å². The highest BCUT2D eigenvalue weighted by Gasteiger charge is 2.16. The normalized spacial score (nSPS) is 10.7. The van der Waals surface area contributed by atoms with Crippen molar-refractivity contribution in [3.8, 4) is 17.1 Å². The number of nitro benzene ring substituents is 1. The Morgan fingerprint density at radius 1 is 1.21 bits per heavy atom. The lowest BCUT2D eigenvalue weighted by atomic mass is 10.2. The molecule has 0 saturated carbocycles. The highest BCUT2D eigenvalue weighted by atomic mass is 35.5. The molecule has 3 aromatic rings. The fraction of sp³-hybridized carbons (Fsp3) is 0.263. The Hall–Kier alpha value is -3.13. The molecule has 1 heterocycles. The molecule has 8 nitrogen and oxygen atoms in total. The number of anilines is 1. The van der Waals surface area contributed by atoms with Gasteiger partial charge in [0, 0.05) is 36.5 Å². The van der Waals surface area contributed by atoms with Crippen molar-refractivity contribution in [2.24, 2.45) is 0 Å². The van der Waals surface area contributed by atoms with Crippen LogP contribution in [0.3, 0.4) is 0 Å². The number of nitrogens with one attached hydrogen (secondary N) is 1. The van der Waals surface area contributed by atoms with Crippen molar-refractivity contribution in [3.63, 3.8) is 0 Å². The van der Waals surface area contributed by atoms with Crippen LogP contribution in [0, 0.1) is 10.1 Å². The standard InChI is InChI=1S/C19H20ClN5O3/c1-3-24(4-2)14-6-5-7-15(11-14)28-12-18-21-19(23-22-18)13-8-9-16(20)17(10-13)25(26)27/h5-11H,3-4,12H2,1-2H3,(H,21,22,23). The Kier molecular flexibility index (Phi) is 6.10. The van der Waals surface area contributed by atoms with Gasteiger partial charge in [-0.05, 0) is 38.1 Å². The molecular formula is C19H20ClN5O3. The van der Waals surface area contributed by atoms with E-state index in [4.69, 9.17) is 16.3 Å². The van der Waals surface area contributed by atoms with Crippen LogP contribution in [0.2, 0.25) is 5.02 Å². The number of halogens is 1. The summed E-state index contributed by atoms with van der Waals surface area (Å²) in [7, 11) is 0. The molecule has 0 aliphatic rings. The van der Waals surface area contributed by atoms with E-state index in [1.165, 1.54) is 12.1 Å². The molecule has 0 unspecified atom stereocenters. The number of aromatic nitrogens is 3. The molecule has 28 heavy (non-hydrogen) atoms. The van der Waals surface area contributed by atoms with E-state index in [1.54, 1.807) is 6.07 Å². The second-order valence-corrected chi connectivity index (χ2v) is 6.39. The predicted octanol–water partition coefficient (Wildman–Crippen LogP) is 4.46. The first-order valence-corrected chi connectivity index (χ1v) is 9.23. The van der Waals surface area contributed by atoms with Crippen molar-refractivity contribution in [2.75, 3.05) is 18.0 Å². The summed E-state index contributed by atoms with van der Waals surface area (Å²) >= 11 is 5.84. The topological polar surface area (TPSA) is 97.2 Å². The molecular weight excluding hydrogens is 382 g/mol. The molecule has 3 rings (SSSR count). The summed E-state index contributed by atoms with van der Waals surface area (Å²) in [6.07, 6.45) is 0. The van der Waals surface area contributed by atoms with Crippen molar-refractivity contribution in [1.82, 2.24) is 15.2 Å². The van der Waals surface area contributed by atoms with E-state index in [-0.39, 0.29) is 17.3 Å². The van der Waals surface area contributed by atoms with E-state index >= 15 is 0 Å². The molecule has 1 aromatic heterocycles. The molecule has 2 aromatic carbocycles. The molecule has 0 aliphatic heterocycles. The first-order valence-electron chi connectivity index (χ1n) is 8.85. The summed E-state index contributed by atoms with van der Waals surface area (Å²) in [5, 5.41) is 18.0. The molecule has 0 bridgehead atoms. The van der Waals surface area contributed by atoms with Crippen LogP contribution >= 0.6 is 11.6 Å². The fourth-order valence-electron chi connectivity index (χ4n) is 2.79. The third kappa shape index (κ3) is 4.40. The van der Waals surface area contributed by atoms with Crippen LogP contribution in [0.1, 0.15) is 19.7 Å². The van der Waals surface area contributed by atoms with Gasteiger partial charge in [0.1, 0.15) is 17.4 Å². The third-order valence-electron chi connectivity index (χ3n) is 4.25. The summed E-state index contributed by atoms with van der Waals surface area (Å²) in [6.45, 7) is 6.24. The predicted molar refractivity (Wildman–Crippen MR) is 108 cm³/mol. The van der Waals surface area contributed by atoms with Gasteiger partial charge in [0.25, 0.3) is 5.69 Å². The molecule has 0 amide bonds. The van der Waals surface area contributed by atoms with Gasteiger partial charge >= 0.3 is 0 Å². The number of H-pyrrole nitrogens is 1. The monoisotopic (exact) mass is 401 g/mol. The number of hydrogen-bond donors (Lipinski definition) is 1. The van der Waals surface area contributed by atoms with Crippen molar-refractivity contribution in [3.05, 3.63) is 63.4 Å². The van der Waals surface area contributed by atoms with Gasteiger partial charge in [-0.15, -0.1) is 0 Å². The van der Waals surface area contributed by atoms with E-state index in [1.807, 2.05) is 24.3 Å². The molecule has 9 heteroatoms. The second-order valence-electron chi connectivity index (χ2n) is 5.99. The van der Waals surface area contributed by atoms with Crippen molar-refractivity contribution < 1.29 is 9.66 Å². The Morgan fingerprint density at radius 2 is 2.00 bits per heavy atom. The molecule has 0 radical (unpaired) electrons. The van der Waals surface area contributed by atoms with Crippen molar-refractivity contribution >= 4 is 23.0 Å². The van der Waals surface area contributed by atoms with Crippen LogP contribution in [0.5, 0.6) is 5.75 Å². The molecule has 0 saturated heterocycles. The molecule has 0 fully saturated rings. The molecule has 0 aliphatic carbocycles. The molecule has 0 spiro atoms. The minimum absolute atomic E-state index is 0.0703. The van der Waals surface area contributed by atoms with E-state index in [9.17, 15) is 10.1 Å². The van der Waals surface area contributed by atoms with E-state index < -0.39 is 4.92 Å². The maximum absolute atomic E-state index is 11.0. The minimum atomic E-state index is -0.536. The van der Waals surface area contributed by atoms with Gasteiger partial charge in [-0.2, -0.15) is 5.10 Å². The van der Waals surface area contributed by atoms with Crippen LogP contribution < -0.4 is 9.64 Å². The zero-order chi connectivity index (χ0) is 20.1. The maximum atomic E-state index is 11.0. The zero-order valence-electron chi connectivity index (χ0n) is 15.6. The van der Waals surface area contributed by atoms with Crippen molar-refractivity contribution in [2.45, 2.75) is 20.5 Å². The average molecular weight is 402 g/mol. The summed E-state index contributed by atoms with van der Waals surface area (Å²) in [6, 6.07) is 12.3. The smallest absolute Gasteiger partial charge is 0.288 e. The fourth-order valence-corrected chi connectivity index (χ4v) is 2.98. The maximum Gasteiger partial charge on any atom is 0.288 e. The van der Waals surface area contributed by atoms with Crippen LogP contribution in [0.25, 0.3) is 11.4 Å². The lowest BCUT2D eigenvalue weighted by Gasteiger charge is -2.21. The van der Waals surface area contributed by atoms with Gasteiger partial charge in [-0.25, -0.2) is 4.98 Å². The Bertz CT molecular complexity index is 972. The largest absolute Gasteiger partial charge is 0.486 e. The zero-order valence-corrected chi connectivity index (χ0v) is 16.3. The second kappa shape index (κ2) is 8.71. The number of hydrogen-bond acceptors (Lipinski definition) is 6. The van der Waals surface area contributed by atoms with Gasteiger partial charge in [0.2, 0.25) is 0 Å². The number of aromatic amines is 1. The lowest BCUT2D eigenvalue weighted by molar-refractivity contribution is -0.384. The van der Waals surface area contributed by atoms with Crippen LogP contribution in [-0.2, 0) is 6.61 Å². The van der Waals surface area contributed by atoms with Gasteiger partial charge in [0.05, 0.1) is 4.92 Å². The first kappa shape index (κ1) is 19.6. The highest BCUT2D eigenvalue weighted by molar-refractivity contribution is 6.32. The summed E-state index contributed by atoms with van der Waals surface area (Å²) in [5.74, 6) is 1.58. The summed E-state index contributed by atoms with van der Waals surface area (Å²) in [5.41, 5.74) is 1.41. The number of nitro groups is 1. The Morgan fingerprint density at radius 3 is 2.71 bits per heavy atom. The summed E-state index contributed by atoms with van der Waals surface area (Å²) < 4.78 is 5.81. The van der Waals surface area contributed by atoms with E-state index in [0.717, 1.165) is 24.5 Å². The molecule has 0 atom stereocenters. The number of benzene rings is 2. The molecule has 1 N–H and O–H groups in total. The quantitative estimate of drug-likeness (QED) is 0.442. The van der Waals surface area contributed by atoms with Crippen LogP contribution in [-0.4, -0.2) is 33.2 Å². The number of nitrogens with zero attached hydrogens (tertiary/aromatic N) is 4. The third-order valence-corrected chi connectivity index (χ3v) is 4.57. The number of ether oxygens (including phenoxy) is 1. The minimum Gasteiger partial charge on any atom is -0.486 e. The van der Waals surface area contributed by atoms with Gasteiger partial charge in [0.15, 0.2) is 11.6 Å². The van der Waals surface area contributed by atoms with Crippen LogP contribution in [0.15, 0.2) is 42.5 Å². The number of rotatable bonds is 8. The first-order chi connectivity index (χ1) is 13.5. The lowest BCUT2D eigenvalue weighted by Crippen LogP contribution is -2.21. The highest BCUT2D eigenvalue weighted by Crippen LogP contribution is 2.29. The summed E-state index contributed by atoms with van der Waals surface area (Å²) in [4.78, 5) is 17.1. The SMILES string of the molecule is CCN(CC)c1cccc(OCc2nc(-c3ccc(Cl)c([N+](=O)[O-])c3)n[nH]2)c1. The Labute approximate surface area is 167 Å². The Balaban J connectivity index is 1.71. The van der Waals surface area contributed by atoms with Gasteiger partial charge in [-0.3, -0.25) is 15.2 Å². The van der Waals surface area contributed by atoms with E-state index in [2.05, 4.69) is 33.9 Å². The molecule has 146 valence electrons. The van der Waals surface area contributed by atoms with Crippen LogP contribution in [0.4, 0.5) is 11.4 Å². The average Bonchev–Trinajstić information content (AvgIpc) is 3.17.